The first-order chi connectivity index (χ1) is 13.7. The van der Waals surface area contributed by atoms with Gasteiger partial charge in [-0.3, -0.25) is 0 Å². The Morgan fingerprint density at radius 3 is 2.61 bits per heavy atom. The maximum atomic E-state index is 12.8. The van der Waals surface area contributed by atoms with Gasteiger partial charge in [0.15, 0.2) is 0 Å². The molecule has 5 rings (SSSR count). The zero-order valence-corrected chi connectivity index (χ0v) is 15.6. The summed E-state index contributed by atoms with van der Waals surface area (Å²) in [5.41, 5.74) is 1.95. The first kappa shape index (κ1) is 18.1. The van der Waals surface area contributed by atoms with Crippen LogP contribution in [0.4, 0.5) is 8.78 Å². The van der Waals surface area contributed by atoms with Crippen LogP contribution in [0.2, 0.25) is 0 Å². The molecule has 1 saturated heterocycles. The number of fused-ring (bicyclic) bond motifs is 1. The number of ether oxygens (including phenoxy) is 2. The van der Waals surface area contributed by atoms with E-state index in [9.17, 15) is 8.78 Å². The molecule has 0 spiro atoms. The second-order valence-corrected chi connectivity index (χ2v) is 8.11. The van der Waals surface area contributed by atoms with Gasteiger partial charge in [0.2, 0.25) is 0 Å². The number of para-hydroxylation sites is 1. The molecule has 2 heterocycles. The van der Waals surface area contributed by atoms with Crippen molar-refractivity contribution in [3.63, 3.8) is 0 Å². The molecule has 0 bridgehead atoms. The molecule has 1 aromatic heterocycles. The van der Waals surface area contributed by atoms with E-state index in [0.717, 1.165) is 50.1 Å². The van der Waals surface area contributed by atoms with Crippen molar-refractivity contribution in [2.45, 2.75) is 50.9 Å². The van der Waals surface area contributed by atoms with Gasteiger partial charge in [-0.15, -0.1) is 0 Å². The Morgan fingerprint density at radius 2 is 1.89 bits per heavy atom. The van der Waals surface area contributed by atoms with E-state index >= 15 is 0 Å². The lowest BCUT2D eigenvalue weighted by molar-refractivity contribution is -0.0494. The molecule has 2 atom stereocenters. The molecule has 2 saturated carbocycles. The minimum absolute atomic E-state index is 0.107. The van der Waals surface area contributed by atoms with E-state index < -0.39 is 6.61 Å². The number of benzene rings is 1. The average Bonchev–Trinajstić information content (AvgIpc) is 3.09. The van der Waals surface area contributed by atoms with E-state index in [4.69, 9.17) is 14.0 Å². The van der Waals surface area contributed by atoms with Gasteiger partial charge in [-0.2, -0.15) is 8.78 Å². The van der Waals surface area contributed by atoms with Gasteiger partial charge in [-0.25, -0.2) is 0 Å². The minimum atomic E-state index is -2.89. The summed E-state index contributed by atoms with van der Waals surface area (Å²) in [7, 11) is 0. The number of alkyl halides is 2. The Bertz CT molecular complexity index is 825. The van der Waals surface area contributed by atoms with Crippen LogP contribution in [0.1, 0.15) is 42.9 Å². The fourth-order valence-corrected chi connectivity index (χ4v) is 4.65. The topological polar surface area (TPSA) is 56.5 Å². The van der Waals surface area contributed by atoms with Gasteiger partial charge in [-0.1, -0.05) is 17.3 Å². The molecular weight excluding hydrogens is 366 g/mol. The Labute approximate surface area is 162 Å². The smallest absolute Gasteiger partial charge is 0.387 e. The van der Waals surface area contributed by atoms with Crippen LogP contribution in [0.5, 0.6) is 5.75 Å². The third-order valence-corrected chi connectivity index (χ3v) is 6.20. The second kappa shape index (κ2) is 7.44. The fourth-order valence-electron chi connectivity index (χ4n) is 4.65. The van der Waals surface area contributed by atoms with Crippen LogP contribution in [0.25, 0.3) is 11.3 Å². The largest absolute Gasteiger partial charge is 0.434 e. The molecule has 1 aliphatic heterocycles. The van der Waals surface area contributed by atoms with Gasteiger partial charge in [-0.05, 0) is 62.7 Å². The Balaban J connectivity index is 1.39. The molecule has 5 nitrogen and oxygen atoms in total. The monoisotopic (exact) mass is 390 g/mol. The zero-order chi connectivity index (χ0) is 19.1. The number of halogens is 2. The van der Waals surface area contributed by atoms with Gasteiger partial charge >= 0.3 is 6.61 Å². The fraction of sp³-hybridized carbons (Fsp3) is 0.571. The summed E-state index contributed by atoms with van der Waals surface area (Å²) in [6.45, 7) is -0.337. The molecule has 2 unspecified atom stereocenters. The number of rotatable bonds is 7. The summed E-state index contributed by atoms with van der Waals surface area (Å²) in [6, 6.07) is 6.73. The van der Waals surface area contributed by atoms with Gasteiger partial charge < -0.3 is 19.3 Å². The lowest BCUT2D eigenvalue weighted by atomic mass is 10.0. The van der Waals surface area contributed by atoms with E-state index in [0.29, 0.717) is 35.6 Å². The van der Waals surface area contributed by atoms with Crippen LogP contribution in [-0.2, 0) is 11.3 Å². The van der Waals surface area contributed by atoms with Crippen LogP contribution in [0.15, 0.2) is 28.8 Å². The number of hydrogen-bond acceptors (Lipinski definition) is 5. The Kier molecular flexibility index (Phi) is 4.80. The zero-order valence-electron chi connectivity index (χ0n) is 15.6. The van der Waals surface area contributed by atoms with E-state index in [1.165, 1.54) is 6.07 Å². The van der Waals surface area contributed by atoms with Gasteiger partial charge in [0.25, 0.3) is 0 Å². The predicted molar refractivity (Wildman–Crippen MR) is 98.2 cm³/mol. The van der Waals surface area contributed by atoms with Crippen molar-refractivity contribution in [1.29, 1.82) is 0 Å². The van der Waals surface area contributed by atoms with Crippen molar-refractivity contribution in [2.75, 3.05) is 13.1 Å². The molecule has 3 aliphatic rings. The lowest BCUT2D eigenvalue weighted by Crippen LogP contribution is -2.16. The van der Waals surface area contributed by atoms with Crippen molar-refractivity contribution in [1.82, 2.24) is 10.5 Å². The first-order valence-corrected chi connectivity index (χ1v) is 10.0. The summed E-state index contributed by atoms with van der Waals surface area (Å²) in [5.74, 6) is 2.71. The molecule has 0 radical (unpaired) electrons. The second-order valence-electron chi connectivity index (χ2n) is 8.11. The van der Waals surface area contributed by atoms with Crippen LogP contribution in [0, 0.1) is 11.8 Å². The van der Waals surface area contributed by atoms with E-state index in [1.54, 1.807) is 18.2 Å². The number of nitrogens with one attached hydrogen (secondary N) is 1. The number of nitrogens with zero attached hydrogens (tertiary/aromatic N) is 1. The highest BCUT2D eigenvalue weighted by Crippen LogP contribution is 2.46. The molecule has 28 heavy (non-hydrogen) atoms. The summed E-state index contributed by atoms with van der Waals surface area (Å²) in [4.78, 5) is 0. The summed E-state index contributed by atoms with van der Waals surface area (Å²) in [5, 5.41) is 7.67. The molecule has 3 fully saturated rings. The SMILES string of the molecule is FC(F)Oc1ccccc1-c1noc(C2CC2)c1COC1CC2CNCC2C1. The molecule has 2 aromatic rings. The molecule has 2 aliphatic carbocycles. The summed E-state index contributed by atoms with van der Waals surface area (Å²) < 4.78 is 42.3. The Morgan fingerprint density at radius 1 is 1.14 bits per heavy atom. The van der Waals surface area contributed by atoms with E-state index in [2.05, 4.69) is 10.5 Å². The predicted octanol–water partition coefficient (Wildman–Crippen LogP) is 4.34. The highest BCUT2D eigenvalue weighted by Gasteiger charge is 2.39. The highest BCUT2D eigenvalue weighted by atomic mass is 19.3. The quantitative estimate of drug-likeness (QED) is 0.762. The standard InChI is InChI=1S/C21H24F2N2O3/c22-21(23)27-18-4-2-1-3-16(18)19-17(20(28-25-19)12-5-6-12)11-26-15-7-13-9-24-10-14(13)8-15/h1-4,12-15,21,24H,5-11H2. The van der Waals surface area contributed by atoms with Crippen LogP contribution < -0.4 is 10.1 Å². The van der Waals surface area contributed by atoms with Gasteiger partial charge in [0, 0.05) is 17.0 Å². The van der Waals surface area contributed by atoms with E-state index in [1.807, 2.05) is 0 Å². The van der Waals surface area contributed by atoms with Gasteiger partial charge in [0.05, 0.1) is 12.7 Å². The molecule has 0 amide bonds. The maximum absolute atomic E-state index is 12.8. The molecular formula is C21H24F2N2O3. The highest BCUT2D eigenvalue weighted by molar-refractivity contribution is 5.70. The Hall–Kier alpha value is -1.99. The maximum Gasteiger partial charge on any atom is 0.387 e. The summed E-state index contributed by atoms with van der Waals surface area (Å²) >= 11 is 0. The van der Waals surface area contributed by atoms with Crippen molar-refractivity contribution in [3.05, 3.63) is 35.6 Å². The molecule has 1 N–H and O–H groups in total. The van der Waals surface area contributed by atoms with Crippen molar-refractivity contribution in [2.24, 2.45) is 11.8 Å². The van der Waals surface area contributed by atoms with Crippen LogP contribution in [0.3, 0.4) is 0 Å². The number of aromatic nitrogens is 1. The van der Waals surface area contributed by atoms with Crippen molar-refractivity contribution >= 4 is 0 Å². The first-order valence-electron chi connectivity index (χ1n) is 10.0. The minimum Gasteiger partial charge on any atom is -0.434 e. The molecule has 7 heteroatoms. The van der Waals surface area contributed by atoms with Gasteiger partial charge in [0.1, 0.15) is 17.2 Å². The van der Waals surface area contributed by atoms with E-state index in [-0.39, 0.29) is 11.9 Å². The molecule has 150 valence electrons. The number of hydrogen-bond donors (Lipinski definition) is 1. The third-order valence-electron chi connectivity index (χ3n) is 6.20. The van der Waals surface area contributed by atoms with Crippen molar-refractivity contribution < 1.29 is 22.8 Å². The summed E-state index contributed by atoms with van der Waals surface area (Å²) in [6.07, 6.45) is 4.51. The van der Waals surface area contributed by atoms with Crippen molar-refractivity contribution in [3.8, 4) is 17.0 Å². The van der Waals surface area contributed by atoms with Crippen LogP contribution >= 0.6 is 0 Å². The molecule has 1 aromatic carbocycles. The lowest BCUT2D eigenvalue weighted by Gasteiger charge is -2.14. The third kappa shape index (κ3) is 3.53. The average molecular weight is 390 g/mol. The normalized spacial score (nSPS) is 26.8. The van der Waals surface area contributed by atoms with Crippen LogP contribution in [-0.4, -0.2) is 31.0 Å².